The van der Waals surface area contributed by atoms with Crippen molar-refractivity contribution in [1.29, 1.82) is 0 Å². The quantitative estimate of drug-likeness (QED) is 0.380. The zero-order valence-electron chi connectivity index (χ0n) is 13.9. The molecule has 0 radical (unpaired) electrons. The predicted octanol–water partition coefficient (Wildman–Crippen LogP) is 4.98. The van der Waals surface area contributed by atoms with Gasteiger partial charge in [-0.15, -0.1) is 0 Å². The molecule has 3 heteroatoms. The van der Waals surface area contributed by atoms with E-state index < -0.39 is 0 Å². The SMILES string of the molecule is CCCCCCCCCCOc1ccc(OC[C@H]2CO2)cc1. The summed E-state index contributed by atoms with van der Waals surface area (Å²) >= 11 is 0. The Balaban J connectivity index is 1.46. The molecule has 0 amide bonds. The third-order valence-corrected chi connectivity index (χ3v) is 3.93. The number of rotatable bonds is 13. The van der Waals surface area contributed by atoms with E-state index in [2.05, 4.69) is 6.92 Å². The highest BCUT2D eigenvalue weighted by molar-refractivity contribution is 5.31. The minimum atomic E-state index is 0.304. The first kappa shape index (κ1) is 17.1. The van der Waals surface area contributed by atoms with Gasteiger partial charge in [0.25, 0.3) is 0 Å². The molecule has 2 rings (SSSR count). The van der Waals surface area contributed by atoms with Gasteiger partial charge in [-0.3, -0.25) is 0 Å². The zero-order valence-corrected chi connectivity index (χ0v) is 13.9. The van der Waals surface area contributed by atoms with Crippen LogP contribution in [0.3, 0.4) is 0 Å². The monoisotopic (exact) mass is 306 g/mol. The van der Waals surface area contributed by atoms with E-state index in [-0.39, 0.29) is 0 Å². The van der Waals surface area contributed by atoms with Crippen LogP contribution in [-0.4, -0.2) is 25.9 Å². The average Bonchev–Trinajstić information content (AvgIpc) is 3.37. The van der Waals surface area contributed by atoms with Crippen molar-refractivity contribution >= 4 is 0 Å². The number of benzene rings is 1. The van der Waals surface area contributed by atoms with Crippen LogP contribution in [0.1, 0.15) is 58.3 Å². The molecule has 22 heavy (non-hydrogen) atoms. The lowest BCUT2D eigenvalue weighted by atomic mass is 10.1. The van der Waals surface area contributed by atoms with Crippen molar-refractivity contribution < 1.29 is 14.2 Å². The van der Waals surface area contributed by atoms with Gasteiger partial charge in [0.05, 0.1) is 13.2 Å². The van der Waals surface area contributed by atoms with Crippen LogP contribution < -0.4 is 9.47 Å². The van der Waals surface area contributed by atoms with Crippen LogP contribution >= 0.6 is 0 Å². The van der Waals surface area contributed by atoms with Gasteiger partial charge in [-0.05, 0) is 30.7 Å². The third kappa shape index (κ3) is 7.69. The smallest absolute Gasteiger partial charge is 0.119 e. The molecular formula is C19H30O3. The fraction of sp³-hybridized carbons (Fsp3) is 0.684. The van der Waals surface area contributed by atoms with E-state index in [4.69, 9.17) is 14.2 Å². The van der Waals surface area contributed by atoms with Crippen molar-refractivity contribution in [2.24, 2.45) is 0 Å². The first-order chi connectivity index (χ1) is 10.9. The van der Waals surface area contributed by atoms with Gasteiger partial charge in [-0.25, -0.2) is 0 Å². The summed E-state index contributed by atoms with van der Waals surface area (Å²) in [7, 11) is 0. The summed E-state index contributed by atoms with van der Waals surface area (Å²) in [6, 6.07) is 7.89. The molecule has 1 heterocycles. The largest absolute Gasteiger partial charge is 0.494 e. The number of epoxide rings is 1. The van der Waals surface area contributed by atoms with Gasteiger partial charge >= 0.3 is 0 Å². The summed E-state index contributed by atoms with van der Waals surface area (Å²) in [5.41, 5.74) is 0. The fourth-order valence-corrected chi connectivity index (χ4v) is 2.41. The normalized spacial score (nSPS) is 16.5. The van der Waals surface area contributed by atoms with E-state index in [1.165, 1.54) is 44.9 Å². The van der Waals surface area contributed by atoms with E-state index >= 15 is 0 Å². The standard InChI is InChI=1S/C19H30O3/c1-2-3-4-5-6-7-8-9-14-20-17-10-12-18(13-11-17)21-15-19-16-22-19/h10-13,19H,2-9,14-16H2,1H3/t19-/m0/s1. The van der Waals surface area contributed by atoms with Gasteiger partial charge in [0.1, 0.15) is 24.2 Å². The van der Waals surface area contributed by atoms with Crippen molar-refractivity contribution in [2.75, 3.05) is 19.8 Å². The molecule has 3 nitrogen and oxygen atoms in total. The van der Waals surface area contributed by atoms with Gasteiger partial charge in [0.15, 0.2) is 0 Å². The molecule has 1 aromatic carbocycles. The molecule has 1 atom stereocenters. The molecule has 0 N–H and O–H groups in total. The molecule has 0 spiro atoms. The summed E-state index contributed by atoms with van der Waals surface area (Å²) in [6.07, 6.45) is 10.9. The fourth-order valence-electron chi connectivity index (χ4n) is 2.41. The Bertz CT molecular complexity index is 384. The van der Waals surface area contributed by atoms with Crippen LogP contribution in [0.5, 0.6) is 11.5 Å². The minimum absolute atomic E-state index is 0.304. The maximum absolute atomic E-state index is 5.76. The van der Waals surface area contributed by atoms with Crippen LogP contribution in [0.4, 0.5) is 0 Å². The van der Waals surface area contributed by atoms with Crippen LogP contribution in [-0.2, 0) is 4.74 Å². The molecule has 1 aliphatic heterocycles. The molecular weight excluding hydrogens is 276 g/mol. The van der Waals surface area contributed by atoms with Gasteiger partial charge in [-0.2, -0.15) is 0 Å². The van der Waals surface area contributed by atoms with E-state index in [0.717, 1.165) is 31.1 Å². The Hall–Kier alpha value is -1.22. The summed E-state index contributed by atoms with van der Waals surface area (Å²) in [6.45, 7) is 4.56. The molecule has 1 aromatic rings. The van der Waals surface area contributed by atoms with Crippen molar-refractivity contribution in [3.05, 3.63) is 24.3 Å². The topological polar surface area (TPSA) is 31.0 Å². The number of ether oxygens (including phenoxy) is 3. The van der Waals surface area contributed by atoms with Gasteiger partial charge < -0.3 is 14.2 Å². The maximum Gasteiger partial charge on any atom is 0.119 e. The third-order valence-electron chi connectivity index (χ3n) is 3.93. The molecule has 1 saturated heterocycles. The molecule has 0 unspecified atom stereocenters. The van der Waals surface area contributed by atoms with Crippen molar-refractivity contribution in [2.45, 2.75) is 64.4 Å². The van der Waals surface area contributed by atoms with Gasteiger partial charge in [0.2, 0.25) is 0 Å². The van der Waals surface area contributed by atoms with Gasteiger partial charge in [-0.1, -0.05) is 51.9 Å². The molecule has 124 valence electrons. The second-order valence-electron chi connectivity index (χ2n) is 6.06. The predicted molar refractivity (Wildman–Crippen MR) is 89.8 cm³/mol. The summed E-state index contributed by atoms with van der Waals surface area (Å²) < 4.78 is 16.5. The Kier molecular flexibility index (Phi) is 8.18. The summed E-state index contributed by atoms with van der Waals surface area (Å²) in [4.78, 5) is 0. The summed E-state index contributed by atoms with van der Waals surface area (Å²) in [5, 5.41) is 0. The Morgan fingerprint density at radius 1 is 0.864 bits per heavy atom. The van der Waals surface area contributed by atoms with Crippen molar-refractivity contribution in [3.8, 4) is 11.5 Å². The highest BCUT2D eigenvalue weighted by Gasteiger charge is 2.22. The van der Waals surface area contributed by atoms with Crippen LogP contribution in [0.15, 0.2) is 24.3 Å². The maximum atomic E-state index is 5.76. The lowest BCUT2D eigenvalue weighted by molar-refractivity contribution is 0.262. The van der Waals surface area contributed by atoms with Crippen molar-refractivity contribution in [3.63, 3.8) is 0 Å². The first-order valence-corrected chi connectivity index (χ1v) is 8.85. The van der Waals surface area contributed by atoms with Crippen LogP contribution in [0, 0.1) is 0 Å². The summed E-state index contributed by atoms with van der Waals surface area (Å²) in [5.74, 6) is 1.81. The first-order valence-electron chi connectivity index (χ1n) is 8.85. The van der Waals surface area contributed by atoms with Crippen molar-refractivity contribution in [1.82, 2.24) is 0 Å². The molecule has 0 saturated carbocycles. The van der Waals surface area contributed by atoms with E-state index in [0.29, 0.717) is 12.7 Å². The molecule has 0 aromatic heterocycles. The molecule has 1 aliphatic rings. The number of hydrogen-bond acceptors (Lipinski definition) is 3. The van der Waals surface area contributed by atoms with Crippen LogP contribution in [0.2, 0.25) is 0 Å². The Morgan fingerprint density at radius 2 is 1.41 bits per heavy atom. The second kappa shape index (κ2) is 10.5. The number of unbranched alkanes of at least 4 members (excludes halogenated alkanes) is 7. The second-order valence-corrected chi connectivity index (χ2v) is 6.06. The highest BCUT2D eigenvalue weighted by Crippen LogP contribution is 2.19. The highest BCUT2D eigenvalue weighted by atomic mass is 16.6. The lowest BCUT2D eigenvalue weighted by Gasteiger charge is -2.08. The minimum Gasteiger partial charge on any atom is -0.494 e. The molecule has 0 bridgehead atoms. The Morgan fingerprint density at radius 3 is 2.00 bits per heavy atom. The van der Waals surface area contributed by atoms with E-state index in [1.807, 2.05) is 24.3 Å². The number of hydrogen-bond donors (Lipinski definition) is 0. The van der Waals surface area contributed by atoms with E-state index in [9.17, 15) is 0 Å². The van der Waals surface area contributed by atoms with E-state index in [1.54, 1.807) is 0 Å². The lowest BCUT2D eigenvalue weighted by Crippen LogP contribution is -2.04. The zero-order chi connectivity index (χ0) is 15.5. The van der Waals surface area contributed by atoms with Gasteiger partial charge in [0, 0.05) is 0 Å². The Labute approximate surface area is 135 Å². The average molecular weight is 306 g/mol. The molecule has 1 fully saturated rings. The molecule has 0 aliphatic carbocycles. The van der Waals surface area contributed by atoms with Crippen LogP contribution in [0.25, 0.3) is 0 Å².